The molecule has 0 aromatic heterocycles. The van der Waals surface area contributed by atoms with Crippen LogP contribution in [0.1, 0.15) is 18.1 Å². The van der Waals surface area contributed by atoms with Crippen molar-refractivity contribution in [3.8, 4) is 0 Å². The van der Waals surface area contributed by atoms with E-state index in [1.54, 1.807) is 0 Å². The van der Waals surface area contributed by atoms with E-state index in [1.807, 2.05) is 60.7 Å². The van der Waals surface area contributed by atoms with Crippen LogP contribution in [0.3, 0.4) is 0 Å². The van der Waals surface area contributed by atoms with Crippen molar-refractivity contribution >= 4 is 5.97 Å². The molecule has 2 aromatic rings. The van der Waals surface area contributed by atoms with E-state index in [0.717, 1.165) is 11.1 Å². The fourth-order valence-electron chi connectivity index (χ4n) is 3.62. The van der Waals surface area contributed by atoms with Crippen LogP contribution in [0.5, 0.6) is 0 Å². The minimum Gasteiger partial charge on any atom is -0.463 e. The summed E-state index contributed by atoms with van der Waals surface area (Å²) in [4.78, 5) is 14.0. The molecule has 0 saturated carbocycles. The molecule has 0 aliphatic carbocycles. The van der Waals surface area contributed by atoms with Crippen LogP contribution in [0.25, 0.3) is 10.4 Å². The van der Waals surface area contributed by atoms with Crippen LogP contribution < -0.4 is 0 Å². The zero-order valence-corrected chi connectivity index (χ0v) is 17.1. The average molecular weight is 427 g/mol. The number of azide groups is 1. The van der Waals surface area contributed by atoms with Gasteiger partial charge in [0.25, 0.3) is 0 Å². The molecule has 1 heterocycles. The van der Waals surface area contributed by atoms with Gasteiger partial charge < -0.3 is 24.4 Å². The number of carbonyl (C=O) groups is 1. The third-order valence-electron chi connectivity index (χ3n) is 5.10. The van der Waals surface area contributed by atoms with Gasteiger partial charge in [-0.2, -0.15) is 0 Å². The SMILES string of the molecule is CC(=O)OC[C@@](O)(N=[N+]=[N-])[C@@H]1OC[C@@](O)(Cc2ccccc2)[C@H]1OCc1ccccc1. The second-order valence-electron chi connectivity index (χ2n) is 7.56. The molecule has 9 nitrogen and oxygen atoms in total. The number of aliphatic hydroxyl groups is 2. The minimum absolute atomic E-state index is 0.127. The molecule has 0 spiro atoms. The molecule has 0 amide bonds. The molecule has 0 bridgehead atoms. The highest BCUT2D eigenvalue weighted by Gasteiger charge is 2.57. The maximum Gasteiger partial charge on any atom is 0.302 e. The Kier molecular flexibility index (Phi) is 7.27. The van der Waals surface area contributed by atoms with Gasteiger partial charge in [0.2, 0.25) is 5.72 Å². The van der Waals surface area contributed by atoms with E-state index in [4.69, 9.17) is 19.7 Å². The van der Waals surface area contributed by atoms with Crippen LogP contribution in [0, 0.1) is 0 Å². The van der Waals surface area contributed by atoms with Crippen LogP contribution in [0.4, 0.5) is 0 Å². The lowest BCUT2D eigenvalue weighted by atomic mass is 9.86. The number of hydrogen-bond donors (Lipinski definition) is 2. The summed E-state index contributed by atoms with van der Waals surface area (Å²) in [5.74, 6) is -0.661. The molecule has 1 aliphatic rings. The molecule has 3 rings (SSSR count). The molecule has 1 aliphatic heterocycles. The third-order valence-corrected chi connectivity index (χ3v) is 5.10. The smallest absolute Gasteiger partial charge is 0.302 e. The fraction of sp³-hybridized carbons (Fsp3) is 0.409. The highest BCUT2D eigenvalue weighted by atomic mass is 16.6. The van der Waals surface area contributed by atoms with Crippen LogP contribution in [-0.4, -0.2) is 52.9 Å². The van der Waals surface area contributed by atoms with Gasteiger partial charge in [-0.25, -0.2) is 0 Å². The van der Waals surface area contributed by atoms with Crippen molar-refractivity contribution in [1.29, 1.82) is 0 Å². The monoisotopic (exact) mass is 427 g/mol. The number of hydrogen-bond acceptors (Lipinski definition) is 7. The Hall–Kier alpha value is -2.94. The summed E-state index contributed by atoms with van der Waals surface area (Å²) in [7, 11) is 0. The molecular formula is C22H25N3O6. The second kappa shape index (κ2) is 9.91. The second-order valence-corrected chi connectivity index (χ2v) is 7.56. The third kappa shape index (κ3) is 5.61. The number of esters is 1. The summed E-state index contributed by atoms with van der Waals surface area (Å²) in [6, 6.07) is 18.6. The first-order chi connectivity index (χ1) is 14.9. The molecule has 4 atom stereocenters. The van der Waals surface area contributed by atoms with E-state index in [-0.39, 0.29) is 19.6 Å². The van der Waals surface area contributed by atoms with Gasteiger partial charge in [-0.1, -0.05) is 65.8 Å². The molecule has 31 heavy (non-hydrogen) atoms. The molecule has 2 N–H and O–H groups in total. The summed E-state index contributed by atoms with van der Waals surface area (Å²) in [5.41, 5.74) is 6.90. The van der Waals surface area contributed by atoms with Gasteiger partial charge >= 0.3 is 5.97 Å². The Balaban J connectivity index is 1.90. The van der Waals surface area contributed by atoms with E-state index in [1.165, 1.54) is 6.92 Å². The number of benzene rings is 2. The maximum atomic E-state index is 11.5. The predicted octanol–water partition coefficient (Wildman–Crippen LogP) is 2.51. The van der Waals surface area contributed by atoms with E-state index >= 15 is 0 Å². The highest BCUT2D eigenvalue weighted by Crippen LogP contribution is 2.37. The van der Waals surface area contributed by atoms with E-state index < -0.39 is 36.1 Å². The van der Waals surface area contributed by atoms with Gasteiger partial charge in [-0.3, -0.25) is 4.79 Å². The number of rotatable bonds is 9. The first kappa shape index (κ1) is 22.7. The molecule has 164 valence electrons. The lowest BCUT2D eigenvalue weighted by Crippen LogP contribution is -2.56. The Morgan fingerprint density at radius 3 is 2.42 bits per heavy atom. The fourth-order valence-corrected chi connectivity index (χ4v) is 3.62. The van der Waals surface area contributed by atoms with Crippen molar-refractivity contribution in [2.75, 3.05) is 13.2 Å². The van der Waals surface area contributed by atoms with E-state index in [0.29, 0.717) is 0 Å². The first-order valence-corrected chi connectivity index (χ1v) is 9.82. The molecule has 1 saturated heterocycles. The Bertz CT molecular complexity index is 921. The zero-order valence-electron chi connectivity index (χ0n) is 17.1. The predicted molar refractivity (Wildman–Crippen MR) is 111 cm³/mol. The van der Waals surface area contributed by atoms with Crippen molar-refractivity contribution in [2.45, 2.75) is 43.5 Å². The van der Waals surface area contributed by atoms with Crippen LogP contribution in [0.2, 0.25) is 0 Å². The maximum absolute atomic E-state index is 11.5. The molecule has 0 radical (unpaired) electrons. The Labute approximate surface area is 179 Å². The lowest BCUT2D eigenvalue weighted by molar-refractivity contribution is -0.176. The Morgan fingerprint density at radius 2 is 1.84 bits per heavy atom. The van der Waals surface area contributed by atoms with Crippen LogP contribution in [-0.2, 0) is 32.0 Å². The van der Waals surface area contributed by atoms with Crippen LogP contribution >= 0.6 is 0 Å². The summed E-state index contributed by atoms with van der Waals surface area (Å²) >= 11 is 0. The summed E-state index contributed by atoms with van der Waals surface area (Å²) in [6.07, 6.45) is -2.15. The van der Waals surface area contributed by atoms with Gasteiger partial charge in [0.1, 0.15) is 24.4 Å². The normalized spacial score (nSPS) is 24.7. The molecular weight excluding hydrogens is 402 g/mol. The molecule has 2 aromatic carbocycles. The van der Waals surface area contributed by atoms with Gasteiger partial charge in [0, 0.05) is 18.3 Å². The van der Waals surface area contributed by atoms with Crippen molar-refractivity contribution in [3.63, 3.8) is 0 Å². The van der Waals surface area contributed by atoms with E-state index in [2.05, 4.69) is 10.0 Å². The topological polar surface area (TPSA) is 134 Å². The number of carbonyl (C=O) groups excluding carboxylic acids is 1. The van der Waals surface area contributed by atoms with Gasteiger partial charge in [-0.15, -0.1) is 0 Å². The van der Waals surface area contributed by atoms with Crippen molar-refractivity contribution in [3.05, 3.63) is 82.2 Å². The van der Waals surface area contributed by atoms with Crippen molar-refractivity contribution in [2.24, 2.45) is 5.11 Å². The minimum atomic E-state index is -2.26. The molecule has 1 fully saturated rings. The average Bonchev–Trinajstić information content (AvgIpc) is 3.09. The number of ether oxygens (including phenoxy) is 3. The van der Waals surface area contributed by atoms with Crippen molar-refractivity contribution < 1.29 is 29.2 Å². The lowest BCUT2D eigenvalue weighted by Gasteiger charge is -2.35. The van der Waals surface area contributed by atoms with Gasteiger partial charge in [0.05, 0.1) is 13.2 Å². The Morgan fingerprint density at radius 1 is 1.23 bits per heavy atom. The number of nitrogens with zero attached hydrogens (tertiary/aromatic N) is 3. The molecule has 0 unspecified atom stereocenters. The largest absolute Gasteiger partial charge is 0.463 e. The first-order valence-electron chi connectivity index (χ1n) is 9.82. The van der Waals surface area contributed by atoms with Crippen LogP contribution in [0.15, 0.2) is 65.8 Å². The molecule has 9 heteroatoms. The summed E-state index contributed by atoms with van der Waals surface area (Å²) in [5, 5.41) is 25.9. The summed E-state index contributed by atoms with van der Waals surface area (Å²) < 4.78 is 16.6. The highest BCUT2D eigenvalue weighted by molar-refractivity contribution is 5.65. The standard InChI is InChI=1S/C22H25N3O6/c1-16(26)30-15-22(28,24-25-23)20-19(29-13-18-10-6-3-7-11-18)21(27,14-31-20)12-17-8-4-2-5-9-17/h2-11,19-20,27-28H,12-15H2,1H3/t19-,20+,21-,22-/m0/s1. The van der Waals surface area contributed by atoms with Gasteiger partial charge in [-0.05, 0) is 16.7 Å². The quantitative estimate of drug-likeness (QED) is 0.273. The van der Waals surface area contributed by atoms with Gasteiger partial charge in [0.15, 0.2) is 0 Å². The van der Waals surface area contributed by atoms with Crippen molar-refractivity contribution in [1.82, 2.24) is 0 Å². The van der Waals surface area contributed by atoms with E-state index in [9.17, 15) is 15.0 Å². The summed E-state index contributed by atoms with van der Waals surface area (Å²) in [6.45, 7) is 0.489. The zero-order chi connectivity index (χ0) is 22.3.